The predicted octanol–water partition coefficient (Wildman–Crippen LogP) is 2.37. The van der Waals surface area contributed by atoms with E-state index < -0.39 is 27.4 Å². The highest BCUT2D eigenvalue weighted by Crippen LogP contribution is 2.27. The molecule has 2 rings (SSSR count). The number of sulfonamides is 1. The van der Waals surface area contributed by atoms with Crippen molar-refractivity contribution >= 4 is 27.3 Å². The third-order valence-corrected chi connectivity index (χ3v) is 5.80. The SMILES string of the molecule is Cc1ccc([N+](=O)[O-])cc1N(CC(=O)NCC1CCCCC1)S(C)(=O)=O. The molecular weight excluding hydrogens is 358 g/mol. The summed E-state index contributed by atoms with van der Waals surface area (Å²) in [6.07, 6.45) is 6.66. The third-order valence-electron chi connectivity index (χ3n) is 4.67. The fourth-order valence-corrected chi connectivity index (χ4v) is 4.10. The van der Waals surface area contributed by atoms with Crippen LogP contribution < -0.4 is 9.62 Å². The molecule has 1 aliphatic rings. The van der Waals surface area contributed by atoms with Crippen molar-refractivity contribution in [3.05, 3.63) is 33.9 Å². The number of carbonyl (C=O) groups is 1. The van der Waals surface area contributed by atoms with Gasteiger partial charge in [-0.15, -0.1) is 0 Å². The van der Waals surface area contributed by atoms with E-state index in [1.807, 2.05) is 0 Å². The lowest BCUT2D eigenvalue weighted by atomic mass is 9.89. The molecule has 0 radical (unpaired) electrons. The number of aryl methyl sites for hydroxylation is 1. The lowest BCUT2D eigenvalue weighted by Gasteiger charge is -2.25. The lowest BCUT2D eigenvalue weighted by Crippen LogP contribution is -2.42. The highest BCUT2D eigenvalue weighted by Gasteiger charge is 2.25. The van der Waals surface area contributed by atoms with Gasteiger partial charge in [0.15, 0.2) is 0 Å². The number of hydrogen-bond acceptors (Lipinski definition) is 5. The first-order valence-electron chi connectivity index (χ1n) is 8.68. The van der Waals surface area contributed by atoms with Crippen molar-refractivity contribution in [2.45, 2.75) is 39.0 Å². The molecule has 0 unspecified atom stereocenters. The summed E-state index contributed by atoms with van der Waals surface area (Å²) < 4.78 is 25.3. The molecule has 26 heavy (non-hydrogen) atoms. The van der Waals surface area contributed by atoms with Crippen molar-refractivity contribution in [2.24, 2.45) is 5.92 Å². The van der Waals surface area contributed by atoms with Gasteiger partial charge in [0.25, 0.3) is 5.69 Å². The van der Waals surface area contributed by atoms with Crippen LogP contribution in [0.15, 0.2) is 18.2 Å². The third kappa shape index (κ3) is 5.42. The highest BCUT2D eigenvalue weighted by atomic mass is 32.2. The highest BCUT2D eigenvalue weighted by molar-refractivity contribution is 7.92. The summed E-state index contributed by atoms with van der Waals surface area (Å²) in [5.41, 5.74) is 0.470. The Hall–Kier alpha value is -2.16. The van der Waals surface area contributed by atoms with Crippen LogP contribution in [-0.2, 0) is 14.8 Å². The Morgan fingerprint density at radius 1 is 1.31 bits per heavy atom. The summed E-state index contributed by atoms with van der Waals surface area (Å²) >= 11 is 0. The second-order valence-corrected chi connectivity index (χ2v) is 8.71. The number of nitrogens with one attached hydrogen (secondary N) is 1. The maximum atomic E-state index is 12.3. The molecule has 144 valence electrons. The molecule has 1 saturated carbocycles. The standard InChI is InChI=1S/C17H25N3O5S/c1-13-8-9-15(20(22)23)10-16(13)19(26(2,24)25)12-17(21)18-11-14-6-4-3-5-7-14/h8-10,14H,3-7,11-12H2,1-2H3,(H,18,21). The first-order valence-corrected chi connectivity index (χ1v) is 10.5. The summed E-state index contributed by atoms with van der Waals surface area (Å²) in [5, 5.41) is 13.8. The molecule has 1 aromatic rings. The van der Waals surface area contributed by atoms with Crippen LogP contribution in [0.5, 0.6) is 0 Å². The molecule has 1 fully saturated rings. The van der Waals surface area contributed by atoms with E-state index in [4.69, 9.17) is 0 Å². The van der Waals surface area contributed by atoms with E-state index >= 15 is 0 Å². The van der Waals surface area contributed by atoms with E-state index in [9.17, 15) is 23.3 Å². The monoisotopic (exact) mass is 383 g/mol. The number of anilines is 1. The molecule has 1 aromatic carbocycles. The smallest absolute Gasteiger partial charge is 0.271 e. The second kappa shape index (κ2) is 8.48. The first-order chi connectivity index (χ1) is 12.2. The van der Waals surface area contributed by atoms with Crippen molar-refractivity contribution in [1.82, 2.24) is 5.32 Å². The minimum Gasteiger partial charge on any atom is -0.354 e. The van der Waals surface area contributed by atoms with Crippen LogP contribution in [-0.4, -0.2) is 38.6 Å². The first kappa shape index (κ1) is 20.2. The minimum atomic E-state index is -3.77. The zero-order chi connectivity index (χ0) is 19.3. The summed E-state index contributed by atoms with van der Waals surface area (Å²) in [6, 6.07) is 3.97. The van der Waals surface area contributed by atoms with E-state index in [1.165, 1.54) is 24.6 Å². The average Bonchev–Trinajstić information content (AvgIpc) is 2.58. The van der Waals surface area contributed by atoms with E-state index in [1.54, 1.807) is 6.92 Å². The molecule has 0 saturated heterocycles. The molecule has 8 nitrogen and oxygen atoms in total. The molecule has 1 aliphatic carbocycles. The number of non-ortho nitro benzene ring substituents is 1. The maximum absolute atomic E-state index is 12.3. The average molecular weight is 383 g/mol. The molecule has 0 heterocycles. The molecule has 0 spiro atoms. The Morgan fingerprint density at radius 2 is 1.96 bits per heavy atom. The van der Waals surface area contributed by atoms with Crippen molar-refractivity contribution in [3.8, 4) is 0 Å². The fraction of sp³-hybridized carbons (Fsp3) is 0.588. The number of rotatable bonds is 7. The summed E-state index contributed by atoms with van der Waals surface area (Å²) in [4.78, 5) is 22.7. The van der Waals surface area contributed by atoms with Gasteiger partial charge in [-0.25, -0.2) is 8.42 Å². The summed E-state index contributed by atoms with van der Waals surface area (Å²) in [6.45, 7) is 1.79. The van der Waals surface area contributed by atoms with Gasteiger partial charge in [-0.1, -0.05) is 25.3 Å². The van der Waals surface area contributed by atoms with Crippen molar-refractivity contribution in [3.63, 3.8) is 0 Å². The van der Waals surface area contributed by atoms with Gasteiger partial charge < -0.3 is 5.32 Å². The number of amides is 1. The Bertz CT molecular complexity index is 773. The van der Waals surface area contributed by atoms with E-state index in [2.05, 4.69) is 5.32 Å². The van der Waals surface area contributed by atoms with Crippen LogP contribution in [0.4, 0.5) is 11.4 Å². The maximum Gasteiger partial charge on any atom is 0.271 e. The number of carbonyl (C=O) groups excluding carboxylic acids is 1. The topological polar surface area (TPSA) is 110 Å². The van der Waals surface area contributed by atoms with Crippen molar-refractivity contribution < 1.29 is 18.1 Å². The van der Waals surface area contributed by atoms with Crippen molar-refractivity contribution in [2.75, 3.05) is 23.7 Å². The largest absolute Gasteiger partial charge is 0.354 e. The summed E-state index contributed by atoms with van der Waals surface area (Å²) in [7, 11) is -3.77. The number of hydrogen-bond donors (Lipinski definition) is 1. The van der Waals surface area contributed by atoms with Crippen LogP contribution in [0, 0.1) is 23.0 Å². The van der Waals surface area contributed by atoms with Crippen LogP contribution in [0.1, 0.15) is 37.7 Å². The zero-order valence-corrected chi connectivity index (χ0v) is 15.9. The summed E-state index contributed by atoms with van der Waals surface area (Å²) in [5.74, 6) is 0.0193. The molecule has 0 aromatic heterocycles. The zero-order valence-electron chi connectivity index (χ0n) is 15.1. The molecule has 0 atom stereocenters. The van der Waals surface area contributed by atoms with E-state index in [-0.39, 0.29) is 11.4 Å². The number of nitrogens with zero attached hydrogens (tertiary/aromatic N) is 2. The van der Waals surface area contributed by atoms with Crippen LogP contribution in [0.2, 0.25) is 0 Å². The number of nitro benzene ring substituents is 1. The van der Waals surface area contributed by atoms with Gasteiger partial charge in [-0.3, -0.25) is 19.2 Å². The molecule has 0 aliphatic heterocycles. The van der Waals surface area contributed by atoms with Gasteiger partial charge in [-0.05, 0) is 31.2 Å². The van der Waals surface area contributed by atoms with Crippen molar-refractivity contribution in [1.29, 1.82) is 0 Å². The molecule has 1 N–H and O–H groups in total. The predicted molar refractivity (Wildman–Crippen MR) is 99.6 cm³/mol. The molecular formula is C17H25N3O5S. The van der Waals surface area contributed by atoms with Gasteiger partial charge in [0, 0.05) is 18.7 Å². The van der Waals surface area contributed by atoms with Crippen LogP contribution in [0.3, 0.4) is 0 Å². The van der Waals surface area contributed by atoms with Gasteiger partial charge in [0.1, 0.15) is 6.54 Å². The molecule has 1 amide bonds. The van der Waals surface area contributed by atoms with Gasteiger partial charge >= 0.3 is 0 Å². The Kier molecular flexibility index (Phi) is 6.57. The number of benzene rings is 1. The Labute approximate surface area is 153 Å². The Morgan fingerprint density at radius 3 is 2.54 bits per heavy atom. The molecule has 0 bridgehead atoms. The Balaban J connectivity index is 2.14. The second-order valence-electron chi connectivity index (χ2n) is 6.81. The quantitative estimate of drug-likeness (QED) is 0.574. The van der Waals surface area contributed by atoms with Gasteiger partial charge in [0.2, 0.25) is 15.9 Å². The molecule has 9 heteroatoms. The minimum absolute atomic E-state index is 0.148. The fourth-order valence-electron chi connectivity index (χ4n) is 3.20. The van der Waals surface area contributed by atoms with Crippen LogP contribution >= 0.6 is 0 Å². The van der Waals surface area contributed by atoms with Gasteiger partial charge in [0.05, 0.1) is 16.9 Å². The normalized spacial score (nSPS) is 15.5. The van der Waals surface area contributed by atoms with Gasteiger partial charge in [-0.2, -0.15) is 0 Å². The lowest BCUT2D eigenvalue weighted by molar-refractivity contribution is -0.384. The van der Waals surface area contributed by atoms with Crippen LogP contribution in [0.25, 0.3) is 0 Å². The number of nitro groups is 1. The van der Waals surface area contributed by atoms with E-state index in [0.29, 0.717) is 18.0 Å². The van der Waals surface area contributed by atoms with E-state index in [0.717, 1.165) is 36.2 Å².